The standard InChI is InChI=1S/C18H17ClFNO4S/c19-13-5-7-14(8-6-13)21-17(22)11-26-12-18(23)25-10-9-24-16-4-2-1-3-15(16)20/h1-8H,9-12H2,(H,21,22). The van der Waals surface area contributed by atoms with Crippen molar-refractivity contribution in [3.8, 4) is 5.75 Å². The molecule has 0 fully saturated rings. The van der Waals surface area contributed by atoms with E-state index in [0.29, 0.717) is 10.7 Å². The molecule has 1 N–H and O–H groups in total. The molecule has 0 aliphatic carbocycles. The lowest BCUT2D eigenvalue weighted by molar-refractivity contribution is -0.141. The second-order valence-corrected chi connectivity index (χ2v) is 6.47. The van der Waals surface area contributed by atoms with E-state index in [0.717, 1.165) is 11.8 Å². The molecule has 0 aliphatic heterocycles. The van der Waals surface area contributed by atoms with Gasteiger partial charge < -0.3 is 14.8 Å². The van der Waals surface area contributed by atoms with Crippen molar-refractivity contribution in [2.45, 2.75) is 0 Å². The van der Waals surface area contributed by atoms with Crippen molar-refractivity contribution in [1.82, 2.24) is 0 Å². The van der Waals surface area contributed by atoms with Gasteiger partial charge >= 0.3 is 5.97 Å². The van der Waals surface area contributed by atoms with Crippen LogP contribution in [0.25, 0.3) is 0 Å². The number of carbonyl (C=O) groups is 2. The van der Waals surface area contributed by atoms with Crippen LogP contribution in [0.4, 0.5) is 10.1 Å². The van der Waals surface area contributed by atoms with E-state index in [2.05, 4.69) is 5.32 Å². The number of esters is 1. The van der Waals surface area contributed by atoms with Gasteiger partial charge in [-0.1, -0.05) is 23.7 Å². The highest BCUT2D eigenvalue weighted by molar-refractivity contribution is 8.00. The zero-order valence-corrected chi connectivity index (χ0v) is 15.3. The topological polar surface area (TPSA) is 64.6 Å². The normalized spacial score (nSPS) is 10.2. The Bertz CT molecular complexity index is 742. The number of carbonyl (C=O) groups excluding carboxylic acids is 2. The van der Waals surface area contributed by atoms with E-state index in [4.69, 9.17) is 21.1 Å². The van der Waals surface area contributed by atoms with Crippen LogP contribution in [0.5, 0.6) is 5.75 Å². The minimum Gasteiger partial charge on any atom is -0.487 e. The Morgan fingerprint density at radius 2 is 1.77 bits per heavy atom. The number of hydrogen-bond donors (Lipinski definition) is 1. The third-order valence-electron chi connectivity index (χ3n) is 3.02. The second kappa shape index (κ2) is 10.7. The van der Waals surface area contributed by atoms with Gasteiger partial charge in [0.2, 0.25) is 5.91 Å². The number of halogens is 2. The van der Waals surface area contributed by atoms with Gasteiger partial charge in [0.25, 0.3) is 0 Å². The number of nitrogens with one attached hydrogen (secondary N) is 1. The summed E-state index contributed by atoms with van der Waals surface area (Å²) in [7, 11) is 0. The maximum Gasteiger partial charge on any atom is 0.316 e. The SMILES string of the molecule is O=C(CSCC(=O)OCCOc1ccccc1F)Nc1ccc(Cl)cc1. The lowest BCUT2D eigenvalue weighted by atomic mass is 10.3. The van der Waals surface area contributed by atoms with Gasteiger partial charge in [0.05, 0.1) is 11.5 Å². The molecule has 1 amide bonds. The summed E-state index contributed by atoms with van der Waals surface area (Å²) in [5.41, 5.74) is 0.632. The van der Waals surface area contributed by atoms with Gasteiger partial charge in [-0.3, -0.25) is 9.59 Å². The van der Waals surface area contributed by atoms with Crippen molar-refractivity contribution in [1.29, 1.82) is 0 Å². The molecule has 0 atom stereocenters. The van der Waals surface area contributed by atoms with Gasteiger partial charge in [0.15, 0.2) is 11.6 Å². The monoisotopic (exact) mass is 397 g/mol. The molecule has 2 aromatic carbocycles. The van der Waals surface area contributed by atoms with Crippen LogP contribution < -0.4 is 10.1 Å². The van der Waals surface area contributed by atoms with Crippen molar-refractivity contribution in [3.05, 3.63) is 59.4 Å². The minimum absolute atomic E-state index is 0.00466. The molecule has 0 unspecified atom stereocenters. The van der Waals surface area contributed by atoms with E-state index in [1.165, 1.54) is 12.1 Å². The lowest BCUT2D eigenvalue weighted by Crippen LogP contribution is -2.17. The largest absolute Gasteiger partial charge is 0.487 e. The zero-order valence-electron chi connectivity index (χ0n) is 13.7. The molecule has 8 heteroatoms. The molecule has 0 radical (unpaired) electrons. The van der Waals surface area contributed by atoms with Gasteiger partial charge in [-0.25, -0.2) is 4.39 Å². The first-order chi connectivity index (χ1) is 12.5. The molecule has 0 aromatic heterocycles. The van der Waals surface area contributed by atoms with E-state index in [-0.39, 0.29) is 36.4 Å². The number of para-hydroxylation sites is 1. The summed E-state index contributed by atoms with van der Waals surface area (Å²) < 4.78 is 23.4. The van der Waals surface area contributed by atoms with Crippen molar-refractivity contribution in [3.63, 3.8) is 0 Å². The Kier molecular flexibility index (Phi) is 8.24. The predicted molar refractivity (Wildman–Crippen MR) is 100 cm³/mol. The average molecular weight is 398 g/mol. The average Bonchev–Trinajstić information content (AvgIpc) is 2.62. The summed E-state index contributed by atoms with van der Waals surface area (Å²) in [6.45, 7) is 0.0547. The molecule has 0 aliphatic rings. The van der Waals surface area contributed by atoms with Gasteiger partial charge in [-0.05, 0) is 36.4 Å². The summed E-state index contributed by atoms with van der Waals surface area (Å²) in [6, 6.07) is 12.7. The lowest BCUT2D eigenvalue weighted by Gasteiger charge is -2.08. The quantitative estimate of drug-likeness (QED) is 0.515. The van der Waals surface area contributed by atoms with Crippen molar-refractivity contribution < 1.29 is 23.5 Å². The van der Waals surface area contributed by atoms with Crippen LogP contribution >= 0.6 is 23.4 Å². The fraction of sp³-hybridized carbons (Fsp3) is 0.222. The second-order valence-electron chi connectivity index (χ2n) is 5.05. The Hall–Kier alpha value is -2.25. The van der Waals surface area contributed by atoms with Crippen LogP contribution in [0.2, 0.25) is 5.02 Å². The fourth-order valence-electron chi connectivity index (χ4n) is 1.87. The molecule has 0 saturated heterocycles. The third kappa shape index (κ3) is 7.33. The summed E-state index contributed by atoms with van der Waals surface area (Å²) >= 11 is 6.90. The van der Waals surface area contributed by atoms with Gasteiger partial charge in [-0.15, -0.1) is 11.8 Å². The van der Waals surface area contributed by atoms with Crippen molar-refractivity contribution >= 4 is 40.9 Å². The molecule has 26 heavy (non-hydrogen) atoms. The van der Waals surface area contributed by atoms with Gasteiger partial charge in [0, 0.05) is 10.7 Å². The molecular weight excluding hydrogens is 381 g/mol. The minimum atomic E-state index is -0.471. The van der Waals surface area contributed by atoms with Crippen LogP contribution in [0.3, 0.4) is 0 Å². The molecule has 0 spiro atoms. The first kappa shape index (κ1) is 20.1. The zero-order chi connectivity index (χ0) is 18.8. The molecule has 0 saturated carbocycles. The number of thioether (sulfide) groups is 1. The number of rotatable bonds is 9. The summed E-state index contributed by atoms with van der Waals surface area (Å²) in [4.78, 5) is 23.3. The summed E-state index contributed by atoms with van der Waals surface area (Å²) in [5.74, 6) is -0.908. The van der Waals surface area contributed by atoms with E-state index >= 15 is 0 Å². The van der Waals surface area contributed by atoms with E-state index < -0.39 is 11.8 Å². The Labute approximate surface area is 159 Å². The summed E-state index contributed by atoms with van der Waals surface area (Å²) in [5, 5.41) is 3.28. The molecule has 0 bridgehead atoms. The highest BCUT2D eigenvalue weighted by atomic mass is 35.5. The third-order valence-corrected chi connectivity index (χ3v) is 4.18. The molecule has 5 nitrogen and oxygen atoms in total. The molecular formula is C18H17ClFNO4S. The predicted octanol–water partition coefficient (Wildman–Crippen LogP) is 3.77. The Balaban J connectivity index is 1.56. The number of amides is 1. The van der Waals surface area contributed by atoms with Crippen LogP contribution in [-0.4, -0.2) is 36.6 Å². The van der Waals surface area contributed by atoms with E-state index in [9.17, 15) is 14.0 Å². The molecule has 2 rings (SSSR count). The number of anilines is 1. The molecule has 2 aromatic rings. The maximum atomic E-state index is 13.3. The van der Waals surface area contributed by atoms with Crippen LogP contribution in [0.1, 0.15) is 0 Å². The van der Waals surface area contributed by atoms with Gasteiger partial charge in [-0.2, -0.15) is 0 Å². The molecule has 138 valence electrons. The fourth-order valence-corrected chi connectivity index (χ4v) is 2.60. The highest BCUT2D eigenvalue weighted by Crippen LogP contribution is 2.15. The van der Waals surface area contributed by atoms with Crippen LogP contribution in [0, 0.1) is 5.82 Å². The van der Waals surface area contributed by atoms with Crippen LogP contribution in [0.15, 0.2) is 48.5 Å². The van der Waals surface area contributed by atoms with Gasteiger partial charge in [0.1, 0.15) is 13.2 Å². The van der Waals surface area contributed by atoms with E-state index in [1.54, 1.807) is 36.4 Å². The molecule has 0 heterocycles. The number of benzene rings is 2. The number of ether oxygens (including phenoxy) is 2. The first-order valence-electron chi connectivity index (χ1n) is 7.70. The highest BCUT2D eigenvalue weighted by Gasteiger charge is 2.08. The van der Waals surface area contributed by atoms with E-state index in [1.807, 2.05) is 0 Å². The van der Waals surface area contributed by atoms with Crippen LogP contribution in [-0.2, 0) is 14.3 Å². The Morgan fingerprint density at radius 3 is 2.50 bits per heavy atom. The number of hydrogen-bond acceptors (Lipinski definition) is 5. The van der Waals surface area contributed by atoms with Crippen molar-refractivity contribution in [2.24, 2.45) is 0 Å². The maximum absolute atomic E-state index is 13.3. The summed E-state index contributed by atoms with van der Waals surface area (Å²) in [6.07, 6.45) is 0. The smallest absolute Gasteiger partial charge is 0.316 e. The first-order valence-corrected chi connectivity index (χ1v) is 9.24. The van der Waals surface area contributed by atoms with Crippen molar-refractivity contribution in [2.75, 3.05) is 30.0 Å². The Morgan fingerprint density at radius 1 is 1.04 bits per heavy atom.